The van der Waals surface area contributed by atoms with Gasteiger partial charge in [0.25, 0.3) is 0 Å². The number of hydrogen-bond acceptors (Lipinski definition) is 3. The summed E-state index contributed by atoms with van der Waals surface area (Å²) in [5.74, 6) is 0.0152. The van der Waals surface area contributed by atoms with Gasteiger partial charge in [0.15, 0.2) is 11.7 Å². The van der Waals surface area contributed by atoms with Crippen LogP contribution in [0, 0.1) is 5.41 Å². The molecule has 0 saturated heterocycles. The van der Waals surface area contributed by atoms with Gasteiger partial charge in [0.1, 0.15) is 0 Å². The molecule has 0 aliphatic rings. The van der Waals surface area contributed by atoms with Crippen LogP contribution >= 0.6 is 0 Å². The quantitative estimate of drug-likeness (QED) is 0.522. The van der Waals surface area contributed by atoms with Crippen molar-refractivity contribution in [1.29, 1.82) is 5.41 Å². The molecular weight excluding hydrogens is 250 g/mol. The molecule has 1 N–H and O–H groups in total. The lowest BCUT2D eigenvalue weighted by Gasteiger charge is -2.13. The van der Waals surface area contributed by atoms with Crippen molar-refractivity contribution in [2.75, 3.05) is 7.11 Å². The van der Waals surface area contributed by atoms with Crippen molar-refractivity contribution < 1.29 is 9.53 Å². The van der Waals surface area contributed by atoms with Crippen LogP contribution < -0.4 is 0 Å². The van der Waals surface area contributed by atoms with E-state index in [1.54, 1.807) is 18.2 Å². The maximum Gasteiger partial charge on any atom is 0.193 e. The Labute approximate surface area is 118 Å². The molecular formula is C17H17NO2. The number of carbonyl (C=O) groups excluding carboxylic acids is 1. The predicted octanol–water partition coefficient (Wildman–Crippen LogP) is 3.64. The first-order valence-electron chi connectivity index (χ1n) is 6.45. The minimum atomic E-state index is -0.163. The first-order valence-corrected chi connectivity index (χ1v) is 6.45. The van der Waals surface area contributed by atoms with Crippen LogP contribution in [0.25, 0.3) is 0 Å². The van der Waals surface area contributed by atoms with Crippen molar-refractivity contribution in [1.82, 2.24) is 0 Å². The number of benzene rings is 2. The summed E-state index contributed by atoms with van der Waals surface area (Å²) in [7, 11) is 1.48. The SMILES string of the molecule is COC(=N)C(C)c1cccc(C(=O)c2ccccc2)c1. The summed E-state index contributed by atoms with van der Waals surface area (Å²) in [6.07, 6.45) is 0. The molecule has 0 aliphatic heterocycles. The molecule has 20 heavy (non-hydrogen) atoms. The Balaban J connectivity index is 2.31. The molecule has 0 aromatic heterocycles. The van der Waals surface area contributed by atoms with Crippen LogP contribution in [0.15, 0.2) is 54.6 Å². The topological polar surface area (TPSA) is 50.1 Å². The summed E-state index contributed by atoms with van der Waals surface area (Å²) < 4.78 is 4.95. The average Bonchev–Trinajstić information content (AvgIpc) is 2.53. The number of nitrogens with one attached hydrogen (secondary N) is 1. The molecule has 0 bridgehead atoms. The fourth-order valence-corrected chi connectivity index (χ4v) is 2.03. The van der Waals surface area contributed by atoms with Gasteiger partial charge in [-0.1, -0.05) is 48.5 Å². The molecule has 1 atom stereocenters. The molecule has 1 unspecified atom stereocenters. The Kier molecular flexibility index (Phi) is 4.31. The molecule has 3 heteroatoms. The highest BCUT2D eigenvalue weighted by Gasteiger charge is 2.15. The maximum atomic E-state index is 12.4. The third-order valence-corrected chi connectivity index (χ3v) is 3.30. The molecule has 0 spiro atoms. The Morgan fingerprint density at radius 1 is 1.05 bits per heavy atom. The fourth-order valence-electron chi connectivity index (χ4n) is 2.03. The molecule has 102 valence electrons. The first-order chi connectivity index (χ1) is 9.63. The highest BCUT2D eigenvalue weighted by Crippen LogP contribution is 2.19. The minimum Gasteiger partial charge on any atom is -0.484 e. The van der Waals surface area contributed by atoms with E-state index in [1.165, 1.54) is 7.11 Å². The molecule has 0 aliphatic carbocycles. The highest BCUT2D eigenvalue weighted by atomic mass is 16.5. The molecule has 0 saturated carbocycles. The van der Waals surface area contributed by atoms with Gasteiger partial charge < -0.3 is 4.74 Å². The van der Waals surface area contributed by atoms with Gasteiger partial charge in [-0.15, -0.1) is 0 Å². The van der Waals surface area contributed by atoms with Crippen molar-refractivity contribution in [3.63, 3.8) is 0 Å². The summed E-state index contributed by atoms with van der Waals surface area (Å²) in [5, 5.41) is 7.72. The molecule has 0 heterocycles. The van der Waals surface area contributed by atoms with Gasteiger partial charge in [0, 0.05) is 11.1 Å². The molecule has 2 rings (SSSR count). The van der Waals surface area contributed by atoms with Gasteiger partial charge in [-0.3, -0.25) is 10.2 Å². The van der Waals surface area contributed by atoms with Crippen molar-refractivity contribution in [2.24, 2.45) is 0 Å². The smallest absolute Gasteiger partial charge is 0.193 e. The van der Waals surface area contributed by atoms with Gasteiger partial charge >= 0.3 is 0 Å². The number of rotatable bonds is 4. The van der Waals surface area contributed by atoms with Gasteiger partial charge in [-0.05, 0) is 18.6 Å². The predicted molar refractivity (Wildman–Crippen MR) is 79.5 cm³/mol. The summed E-state index contributed by atoms with van der Waals surface area (Å²) in [5.41, 5.74) is 2.20. The molecule has 0 amide bonds. The van der Waals surface area contributed by atoms with E-state index >= 15 is 0 Å². The van der Waals surface area contributed by atoms with E-state index < -0.39 is 0 Å². The second-order valence-corrected chi connectivity index (χ2v) is 4.61. The summed E-state index contributed by atoms with van der Waals surface area (Å²) in [6.45, 7) is 1.89. The Bertz CT molecular complexity index is 620. The third kappa shape index (κ3) is 2.94. The minimum absolute atomic E-state index is 0.0106. The van der Waals surface area contributed by atoms with E-state index in [4.69, 9.17) is 10.1 Å². The van der Waals surface area contributed by atoms with Gasteiger partial charge in [-0.2, -0.15) is 0 Å². The first kappa shape index (κ1) is 14.0. The van der Waals surface area contributed by atoms with Crippen molar-refractivity contribution >= 4 is 11.7 Å². The molecule has 0 fully saturated rings. The highest BCUT2D eigenvalue weighted by molar-refractivity contribution is 6.09. The van der Waals surface area contributed by atoms with Crippen molar-refractivity contribution in [2.45, 2.75) is 12.8 Å². The van der Waals surface area contributed by atoms with Crippen molar-refractivity contribution in [3.8, 4) is 0 Å². The van der Waals surface area contributed by atoms with Crippen molar-refractivity contribution in [3.05, 3.63) is 71.3 Å². The standard InChI is InChI=1S/C17H17NO2/c1-12(17(18)20-2)14-9-6-10-15(11-14)16(19)13-7-4-3-5-8-13/h3-12,18H,1-2H3. The zero-order valence-corrected chi connectivity index (χ0v) is 11.6. The zero-order chi connectivity index (χ0) is 14.5. The second kappa shape index (κ2) is 6.15. The van der Waals surface area contributed by atoms with E-state index in [9.17, 15) is 4.79 Å². The van der Waals surface area contributed by atoms with E-state index in [-0.39, 0.29) is 17.6 Å². The zero-order valence-electron chi connectivity index (χ0n) is 11.6. The lowest BCUT2D eigenvalue weighted by atomic mass is 9.95. The molecule has 2 aromatic rings. The van der Waals surface area contributed by atoms with Gasteiger partial charge in [0.05, 0.1) is 13.0 Å². The van der Waals surface area contributed by atoms with Crippen LogP contribution in [0.2, 0.25) is 0 Å². The Morgan fingerprint density at radius 3 is 2.35 bits per heavy atom. The van der Waals surface area contributed by atoms with Crippen LogP contribution in [0.5, 0.6) is 0 Å². The lowest BCUT2D eigenvalue weighted by molar-refractivity contribution is 0.103. The Morgan fingerprint density at radius 2 is 1.70 bits per heavy atom. The van der Waals surface area contributed by atoms with E-state index in [1.807, 2.05) is 43.3 Å². The number of hydrogen-bond donors (Lipinski definition) is 1. The third-order valence-electron chi connectivity index (χ3n) is 3.30. The van der Waals surface area contributed by atoms with Crippen LogP contribution in [-0.4, -0.2) is 18.8 Å². The Hall–Kier alpha value is -2.42. The molecule has 2 aromatic carbocycles. The monoisotopic (exact) mass is 267 g/mol. The van der Waals surface area contributed by atoms with E-state index in [0.29, 0.717) is 11.1 Å². The number of ether oxygens (including phenoxy) is 1. The van der Waals surface area contributed by atoms with E-state index in [2.05, 4.69) is 0 Å². The lowest BCUT2D eigenvalue weighted by Crippen LogP contribution is -2.11. The van der Waals surface area contributed by atoms with Crippen LogP contribution in [0.1, 0.15) is 34.3 Å². The number of carbonyl (C=O) groups is 1. The van der Waals surface area contributed by atoms with Crippen LogP contribution in [-0.2, 0) is 4.74 Å². The summed E-state index contributed by atoms with van der Waals surface area (Å²) in [6, 6.07) is 16.5. The van der Waals surface area contributed by atoms with Crippen LogP contribution in [0.4, 0.5) is 0 Å². The maximum absolute atomic E-state index is 12.4. The molecule has 0 radical (unpaired) electrons. The van der Waals surface area contributed by atoms with Crippen LogP contribution in [0.3, 0.4) is 0 Å². The summed E-state index contributed by atoms with van der Waals surface area (Å²) >= 11 is 0. The summed E-state index contributed by atoms with van der Waals surface area (Å²) in [4.78, 5) is 12.4. The van der Waals surface area contributed by atoms with Gasteiger partial charge in [-0.25, -0.2) is 0 Å². The number of ketones is 1. The largest absolute Gasteiger partial charge is 0.484 e. The number of methoxy groups -OCH3 is 1. The molecule has 3 nitrogen and oxygen atoms in total. The van der Waals surface area contributed by atoms with Gasteiger partial charge in [0.2, 0.25) is 0 Å². The normalized spacial score (nSPS) is 11.7. The fraction of sp³-hybridized carbons (Fsp3) is 0.176. The van der Waals surface area contributed by atoms with E-state index in [0.717, 1.165) is 5.56 Å². The second-order valence-electron chi connectivity index (χ2n) is 4.61. The average molecular weight is 267 g/mol.